The van der Waals surface area contributed by atoms with Crippen LogP contribution in [0.1, 0.15) is 29.1 Å². The number of thiocarbonyl (C=S) groups is 1. The van der Waals surface area contributed by atoms with Crippen LogP contribution < -0.4 is 10.2 Å². The van der Waals surface area contributed by atoms with Crippen molar-refractivity contribution in [3.8, 4) is 0 Å². The first-order chi connectivity index (χ1) is 16.0. The van der Waals surface area contributed by atoms with Crippen LogP contribution in [-0.2, 0) is 0 Å². The SMILES string of the molecule is Cc1cc(N2C(=S)N[C@H](c3ccccn3)[C@H]2c2ccc(Sc3ccc(Cl)cc3)o2)ccc1Br. The van der Waals surface area contributed by atoms with E-state index in [2.05, 4.69) is 50.2 Å². The largest absolute Gasteiger partial charge is 0.452 e. The normalized spacial score (nSPS) is 17.9. The Morgan fingerprint density at radius 2 is 1.91 bits per heavy atom. The van der Waals surface area contributed by atoms with Gasteiger partial charge in [0.25, 0.3) is 0 Å². The van der Waals surface area contributed by atoms with Crippen molar-refractivity contribution in [3.05, 3.63) is 106 Å². The first-order valence-electron chi connectivity index (χ1n) is 10.3. The average Bonchev–Trinajstić information content (AvgIpc) is 3.42. The highest BCUT2D eigenvalue weighted by atomic mass is 79.9. The van der Waals surface area contributed by atoms with Gasteiger partial charge in [-0.05, 0) is 91.4 Å². The fourth-order valence-electron chi connectivity index (χ4n) is 3.87. The maximum atomic E-state index is 6.36. The Balaban J connectivity index is 1.53. The van der Waals surface area contributed by atoms with E-state index < -0.39 is 0 Å². The lowest BCUT2D eigenvalue weighted by atomic mass is 10.0. The molecule has 2 aromatic heterocycles. The number of hydrogen-bond acceptors (Lipinski definition) is 4. The molecule has 1 aliphatic rings. The van der Waals surface area contributed by atoms with Gasteiger partial charge in [0.2, 0.25) is 0 Å². The van der Waals surface area contributed by atoms with Gasteiger partial charge in [0, 0.05) is 26.3 Å². The third kappa shape index (κ3) is 4.68. The zero-order valence-electron chi connectivity index (χ0n) is 17.5. The van der Waals surface area contributed by atoms with E-state index in [0.717, 1.165) is 37.2 Å². The van der Waals surface area contributed by atoms with Crippen molar-refractivity contribution in [2.75, 3.05) is 4.90 Å². The van der Waals surface area contributed by atoms with Gasteiger partial charge in [-0.15, -0.1) is 0 Å². The molecule has 0 saturated carbocycles. The molecule has 5 rings (SSSR count). The highest BCUT2D eigenvalue weighted by Gasteiger charge is 2.42. The standard InChI is InChI=1S/C25H19BrClN3OS2/c1-15-14-17(7-10-19(15)26)30-24(23(29-25(30)32)20-4-2-3-13-28-20)21-11-12-22(31-21)33-18-8-5-16(27)6-9-18/h2-14,23-24H,1H3,(H,29,32)/t23-,24-/m1/s1. The maximum Gasteiger partial charge on any atom is 0.174 e. The van der Waals surface area contributed by atoms with Gasteiger partial charge in [-0.1, -0.05) is 45.4 Å². The molecule has 1 fully saturated rings. The number of nitrogens with one attached hydrogen (secondary N) is 1. The molecule has 2 aromatic carbocycles. The van der Waals surface area contributed by atoms with Crippen molar-refractivity contribution in [1.29, 1.82) is 0 Å². The summed E-state index contributed by atoms with van der Waals surface area (Å²) in [5.74, 6) is 0.815. The lowest BCUT2D eigenvalue weighted by Crippen LogP contribution is -2.29. The van der Waals surface area contributed by atoms with Crippen molar-refractivity contribution in [3.63, 3.8) is 0 Å². The van der Waals surface area contributed by atoms with Crippen molar-refractivity contribution in [2.45, 2.75) is 29.0 Å². The van der Waals surface area contributed by atoms with E-state index in [9.17, 15) is 0 Å². The predicted molar refractivity (Wildman–Crippen MR) is 141 cm³/mol. The second kappa shape index (κ2) is 9.50. The van der Waals surface area contributed by atoms with Crippen molar-refractivity contribution >= 4 is 62.3 Å². The Kier molecular flexibility index (Phi) is 6.47. The fourth-order valence-corrected chi connectivity index (χ4v) is 5.36. The molecule has 0 aliphatic carbocycles. The maximum absolute atomic E-state index is 6.36. The molecule has 0 radical (unpaired) electrons. The molecule has 0 bridgehead atoms. The molecular formula is C25H19BrClN3OS2. The molecule has 0 spiro atoms. The van der Waals surface area contributed by atoms with Crippen molar-refractivity contribution in [2.24, 2.45) is 0 Å². The summed E-state index contributed by atoms with van der Waals surface area (Å²) in [7, 11) is 0. The summed E-state index contributed by atoms with van der Waals surface area (Å²) in [6.07, 6.45) is 1.80. The number of furan rings is 1. The number of nitrogens with zero attached hydrogens (tertiary/aromatic N) is 2. The summed E-state index contributed by atoms with van der Waals surface area (Å²) in [5, 5.41) is 5.62. The summed E-state index contributed by atoms with van der Waals surface area (Å²) < 4.78 is 7.42. The monoisotopic (exact) mass is 555 g/mol. The van der Waals surface area contributed by atoms with Crippen LogP contribution in [0.4, 0.5) is 5.69 Å². The number of aryl methyl sites for hydroxylation is 1. The summed E-state index contributed by atoms with van der Waals surface area (Å²) in [4.78, 5) is 7.77. The van der Waals surface area contributed by atoms with E-state index in [1.54, 1.807) is 18.0 Å². The Morgan fingerprint density at radius 3 is 2.64 bits per heavy atom. The predicted octanol–water partition coefficient (Wildman–Crippen LogP) is 7.73. The number of pyridine rings is 1. The molecule has 1 aliphatic heterocycles. The van der Waals surface area contributed by atoms with Gasteiger partial charge in [-0.2, -0.15) is 0 Å². The topological polar surface area (TPSA) is 41.3 Å². The van der Waals surface area contributed by atoms with Crippen LogP contribution in [0.5, 0.6) is 0 Å². The van der Waals surface area contributed by atoms with E-state index in [4.69, 9.17) is 28.2 Å². The highest BCUT2D eigenvalue weighted by molar-refractivity contribution is 9.10. The lowest BCUT2D eigenvalue weighted by molar-refractivity contribution is 0.383. The number of aromatic nitrogens is 1. The number of rotatable bonds is 5. The summed E-state index contributed by atoms with van der Waals surface area (Å²) in [5.41, 5.74) is 3.04. The summed E-state index contributed by atoms with van der Waals surface area (Å²) >= 11 is 17.0. The number of benzene rings is 2. The van der Waals surface area contributed by atoms with Crippen LogP contribution in [0.2, 0.25) is 5.02 Å². The van der Waals surface area contributed by atoms with Crippen molar-refractivity contribution in [1.82, 2.24) is 10.3 Å². The van der Waals surface area contributed by atoms with E-state index in [1.165, 1.54) is 0 Å². The molecule has 166 valence electrons. The minimum atomic E-state index is -0.187. The second-order valence-electron chi connectivity index (χ2n) is 7.64. The van der Waals surface area contributed by atoms with Gasteiger partial charge in [-0.25, -0.2) is 0 Å². The van der Waals surface area contributed by atoms with Crippen LogP contribution in [0, 0.1) is 6.92 Å². The van der Waals surface area contributed by atoms with E-state index in [0.29, 0.717) is 10.1 Å². The van der Waals surface area contributed by atoms with Gasteiger partial charge in [0.1, 0.15) is 11.8 Å². The first-order valence-corrected chi connectivity index (χ1v) is 12.7. The van der Waals surface area contributed by atoms with Gasteiger partial charge in [0.05, 0.1) is 11.7 Å². The molecule has 4 aromatic rings. The van der Waals surface area contributed by atoms with Gasteiger partial charge in [0.15, 0.2) is 10.2 Å². The average molecular weight is 557 g/mol. The number of anilines is 1. The summed E-state index contributed by atoms with van der Waals surface area (Å²) in [6, 6.07) is 23.5. The number of hydrogen-bond donors (Lipinski definition) is 1. The molecule has 2 atom stereocenters. The van der Waals surface area contributed by atoms with E-state index >= 15 is 0 Å². The molecule has 8 heteroatoms. The molecule has 0 amide bonds. The zero-order valence-corrected chi connectivity index (χ0v) is 21.5. The highest BCUT2D eigenvalue weighted by Crippen LogP contribution is 2.44. The van der Waals surface area contributed by atoms with Gasteiger partial charge < -0.3 is 14.6 Å². The van der Waals surface area contributed by atoms with Crippen LogP contribution in [0.3, 0.4) is 0 Å². The smallest absolute Gasteiger partial charge is 0.174 e. The third-order valence-electron chi connectivity index (χ3n) is 5.44. The third-order valence-corrected chi connectivity index (χ3v) is 7.83. The molecule has 1 N–H and O–H groups in total. The Labute approximate surface area is 215 Å². The molecule has 3 heterocycles. The molecular weight excluding hydrogens is 538 g/mol. The van der Waals surface area contributed by atoms with Crippen LogP contribution in [0.15, 0.2) is 97.9 Å². The zero-order chi connectivity index (χ0) is 22.9. The quantitative estimate of drug-likeness (QED) is 0.254. The minimum absolute atomic E-state index is 0.151. The molecule has 0 unspecified atom stereocenters. The Hall–Kier alpha value is -2.32. The van der Waals surface area contributed by atoms with Crippen molar-refractivity contribution < 1.29 is 4.42 Å². The Bertz CT molecular complexity index is 1300. The molecule has 1 saturated heterocycles. The van der Waals surface area contributed by atoms with Gasteiger partial charge >= 0.3 is 0 Å². The van der Waals surface area contributed by atoms with E-state index in [1.807, 2.05) is 60.7 Å². The van der Waals surface area contributed by atoms with E-state index in [-0.39, 0.29) is 12.1 Å². The first kappa shape index (κ1) is 22.5. The summed E-state index contributed by atoms with van der Waals surface area (Å²) in [6.45, 7) is 2.07. The fraction of sp³-hybridized carbons (Fsp3) is 0.120. The second-order valence-corrected chi connectivity index (χ2v) is 10.4. The minimum Gasteiger partial charge on any atom is -0.452 e. The molecule has 33 heavy (non-hydrogen) atoms. The van der Waals surface area contributed by atoms with Crippen LogP contribution >= 0.6 is 51.5 Å². The molecule has 4 nitrogen and oxygen atoms in total. The van der Waals surface area contributed by atoms with Crippen LogP contribution in [0.25, 0.3) is 0 Å². The number of halogens is 2. The lowest BCUT2D eigenvalue weighted by Gasteiger charge is -2.26. The van der Waals surface area contributed by atoms with Gasteiger partial charge in [-0.3, -0.25) is 4.98 Å². The Morgan fingerprint density at radius 1 is 1.09 bits per heavy atom. The van der Waals surface area contributed by atoms with Crippen LogP contribution in [-0.4, -0.2) is 10.1 Å².